The number of carbonyl (C=O) groups excluding carboxylic acids is 1. The fourth-order valence-corrected chi connectivity index (χ4v) is 3.34. The maximum absolute atomic E-state index is 13.0. The first kappa shape index (κ1) is 18.4. The number of nitrogens with zero attached hydrogens (tertiary/aromatic N) is 2. The Balaban J connectivity index is 2.71. The third-order valence-corrected chi connectivity index (χ3v) is 5.18. The highest BCUT2D eigenvalue weighted by molar-refractivity contribution is 8.13. The summed E-state index contributed by atoms with van der Waals surface area (Å²) in [7, 11) is 0. The summed E-state index contributed by atoms with van der Waals surface area (Å²) in [4.78, 5) is 25.7. The van der Waals surface area contributed by atoms with Gasteiger partial charge < -0.3 is 5.73 Å². The maximum Gasteiger partial charge on any atom is 0.306 e. The summed E-state index contributed by atoms with van der Waals surface area (Å²) in [6.07, 6.45) is 1.62. The number of nitrogens with two attached hydrogens (primary N) is 1. The van der Waals surface area contributed by atoms with Crippen LogP contribution >= 0.6 is 11.8 Å². The van der Waals surface area contributed by atoms with Gasteiger partial charge in [-0.15, -0.1) is 0 Å². The van der Waals surface area contributed by atoms with Crippen LogP contribution in [-0.2, 0) is 0 Å². The van der Waals surface area contributed by atoms with Gasteiger partial charge in [-0.1, -0.05) is 49.9 Å². The van der Waals surface area contributed by atoms with E-state index in [2.05, 4.69) is 0 Å². The average Bonchev–Trinajstić information content (AvgIpc) is 2.83. The number of rotatable bonds is 5. The van der Waals surface area contributed by atoms with Crippen LogP contribution in [0.3, 0.4) is 0 Å². The number of carbonyl (C=O) groups is 1. The number of anilines is 1. The summed E-state index contributed by atoms with van der Waals surface area (Å²) in [6.45, 7) is 7.87. The van der Waals surface area contributed by atoms with Gasteiger partial charge in [0.2, 0.25) is 0 Å². The van der Waals surface area contributed by atoms with E-state index < -0.39 is 0 Å². The normalized spacial score (nSPS) is 12.3. The van der Waals surface area contributed by atoms with E-state index in [0.717, 1.165) is 24.0 Å². The summed E-state index contributed by atoms with van der Waals surface area (Å²) in [5, 5.41) is -0.202. The fraction of sp³-hybridized carbons (Fsp3) is 0.444. The Morgan fingerprint density at radius 2 is 1.96 bits per heavy atom. The Kier molecular flexibility index (Phi) is 5.94. The van der Waals surface area contributed by atoms with Crippen molar-refractivity contribution in [2.75, 3.05) is 11.5 Å². The van der Waals surface area contributed by atoms with Crippen molar-refractivity contribution in [3.05, 3.63) is 40.2 Å². The summed E-state index contributed by atoms with van der Waals surface area (Å²) in [5.74, 6) is 0.924. The van der Waals surface area contributed by atoms with Crippen LogP contribution < -0.4 is 11.3 Å². The fourth-order valence-electron chi connectivity index (χ4n) is 2.65. The van der Waals surface area contributed by atoms with E-state index in [1.165, 1.54) is 21.1 Å². The van der Waals surface area contributed by atoms with Gasteiger partial charge in [-0.25, -0.2) is 4.68 Å². The Morgan fingerprint density at radius 3 is 2.54 bits per heavy atom. The molecule has 0 aliphatic carbocycles. The van der Waals surface area contributed by atoms with Crippen molar-refractivity contribution >= 4 is 22.8 Å². The highest BCUT2D eigenvalue weighted by Crippen LogP contribution is 2.29. The molecule has 2 rings (SSSR count). The van der Waals surface area contributed by atoms with Crippen LogP contribution in [0.2, 0.25) is 0 Å². The molecule has 1 atom stereocenters. The number of aryl methyl sites for hydroxylation is 1. The second kappa shape index (κ2) is 7.75. The topological polar surface area (TPSA) is 70.0 Å². The summed E-state index contributed by atoms with van der Waals surface area (Å²) < 4.78 is 2.86. The van der Waals surface area contributed by atoms with Crippen molar-refractivity contribution in [3.63, 3.8) is 0 Å². The summed E-state index contributed by atoms with van der Waals surface area (Å²) in [5.41, 5.74) is 8.23. The van der Waals surface area contributed by atoms with E-state index in [0.29, 0.717) is 11.3 Å². The van der Waals surface area contributed by atoms with E-state index in [1.807, 2.05) is 52.0 Å². The molecule has 0 bridgehead atoms. The largest absolute Gasteiger partial charge is 0.383 e. The molecule has 1 heterocycles. The molecule has 2 aromatic rings. The standard InChI is InChI=1S/C18H25N3O2S/c1-5-11-24-18(23)21-16(19)15(14-10-8-7-9-12(14)3)17(22)20(21)13(4)6-2/h7-10,13H,5-6,11,19H2,1-4H3. The molecule has 1 aromatic heterocycles. The monoisotopic (exact) mass is 347 g/mol. The zero-order valence-electron chi connectivity index (χ0n) is 14.7. The van der Waals surface area contributed by atoms with Crippen LogP contribution in [0.1, 0.15) is 45.2 Å². The lowest BCUT2D eigenvalue weighted by Crippen LogP contribution is -2.29. The highest BCUT2D eigenvalue weighted by atomic mass is 32.2. The van der Waals surface area contributed by atoms with Crippen LogP contribution in [-0.4, -0.2) is 20.4 Å². The minimum Gasteiger partial charge on any atom is -0.383 e. The molecule has 0 fully saturated rings. The Bertz CT molecular complexity index is 792. The molecular formula is C18H25N3O2S. The molecule has 0 saturated heterocycles. The van der Waals surface area contributed by atoms with Crippen molar-refractivity contribution in [1.29, 1.82) is 0 Å². The first-order valence-corrected chi connectivity index (χ1v) is 9.28. The number of benzene rings is 1. The lowest BCUT2D eigenvalue weighted by Gasteiger charge is -2.16. The molecule has 6 heteroatoms. The minimum atomic E-state index is -0.207. The molecule has 24 heavy (non-hydrogen) atoms. The van der Waals surface area contributed by atoms with Crippen LogP contribution in [0.4, 0.5) is 10.6 Å². The van der Waals surface area contributed by atoms with Crippen LogP contribution in [0.15, 0.2) is 29.1 Å². The van der Waals surface area contributed by atoms with Gasteiger partial charge in [-0.2, -0.15) is 4.68 Å². The first-order valence-electron chi connectivity index (χ1n) is 8.30. The Hall–Kier alpha value is -1.95. The highest BCUT2D eigenvalue weighted by Gasteiger charge is 2.26. The van der Waals surface area contributed by atoms with E-state index in [1.54, 1.807) is 0 Å². The first-order chi connectivity index (χ1) is 11.4. The predicted molar refractivity (Wildman–Crippen MR) is 102 cm³/mol. The zero-order valence-corrected chi connectivity index (χ0v) is 15.5. The summed E-state index contributed by atoms with van der Waals surface area (Å²) in [6, 6.07) is 7.49. The van der Waals surface area contributed by atoms with Crippen molar-refractivity contribution in [2.45, 2.75) is 46.6 Å². The molecule has 0 amide bonds. The van der Waals surface area contributed by atoms with Gasteiger partial charge in [0.15, 0.2) is 0 Å². The van der Waals surface area contributed by atoms with Gasteiger partial charge in [0.1, 0.15) is 5.82 Å². The van der Waals surface area contributed by atoms with Gasteiger partial charge in [0.25, 0.3) is 5.56 Å². The van der Waals surface area contributed by atoms with Gasteiger partial charge in [0.05, 0.1) is 11.6 Å². The SMILES string of the molecule is CCCSC(=O)n1c(N)c(-c2ccccc2C)c(=O)n1C(C)CC. The van der Waals surface area contributed by atoms with E-state index in [-0.39, 0.29) is 22.7 Å². The number of nitrogen functional groups attached to an aromatic ring is 1. The third kappa shape index (κ3) is 3.29. The Labute approximate surface area is 146 Å². The van der Waals surface area contributed by atoms with E-state index in [4.69, 9.17) is 5.73 Å². The molecule has 0 radical (unpaired) electrons. The summed E-state index contributed by atoms with van der Waals surface area (Å²) >= 11 is 1.19. The van der Waals surface area contributed by atoms with Crippen molar-refractivity contribution in [2.24, 2.45) is 0 Å². The number of hydrogen-bond donors (Lipinski definition) is 1. The molecule has 130 valence electrons. The molecular weight excluding hydrogens is 322 g/mol. The third-order valence-electron chi connectivity index (χ3n) is 4.15. The maximum atomic E-state index is 13.0. The number of thioether (sulfide) groups is 1. The average molecular weight is 347 g/mol. The number of aromatic nitrogens is 2. The number of hydrogen-bond acceptors (Lipinski definition) is 4. The van der Waals surface area contributed by atoms with Crippen LogP contribution in [0.5, 0.6) is 0 Å². The smallest absolute Gasteiger partial charge is 0.306 e. The minimum absolute atomic E-state index is 0.108. The molecule has 5 nitrogen and oxygen atoms in total. The van der Waals surface area contributed by atoms with Crippen molar-refractivity contribution in [3.8, 4) is 11.1 Å². The van der Waals surface area contributed by atoms with E-state index >= 15 is 0 Å². The van der Waals surface area contributed by atoms with Crippen LogP contribution in [0, 0.1) is 6.92 Å². The van der Waals surface area contributed by atoms with Gasteiger partial charge in [-0.3, -0.25) is 9.59 Å². The van der Waals surface area contributed by atoms with E-state index in [9.17, 15) is 9.59 Å². The lowest BCUT2D eigenvalue weighted by atomic mass is 10.0. The quantitative estimate of drug-likeness (QED) is 0.876. The van der Waals surface area contributed by atoms with Gasteiger partial charge >= 0.3 is 5.24 Å². The molecule has 1 aromatic carbocycles. The van der Waals surface area contributed by atoms with Crippen molar-refractivity contribution < 1.29 is 4.79 Å². The van der Waals surface area contributed by atoms with Crippen LogP contribution in [0.25, 0.3) is 11.1 Å². The molecule has 0 aliphatic rings. The van der Waals surface area contributed by atoms with Gasteiger partial charge in [-0.05, 0) is 37.8 Å². The zero-order chi connectivity index (χ0) is 17.9. The molecule has 2 N–H and O–H groups in total. The lowest BCUT2D eigenvalue weighted by molar-refractivity contribution is 0.253. The van der Waals surface area contributed by atoms with Crippen molar-refractivity contribution in [1.82, 2.24) is 9.36 Å². The molecule has 0 saturated carbocycles. The second-order valence-electron chi connectivity index (χ2n) is 5.91. The van der Waals surface area contributed by atoms with Gasteiger partial charge in [0, 0.05) is 5.75 Å². The second-order valence-corrected chi connectivity index (χ2v) is 6.95. The Morgan fingerprint density at radius 1 is 1.29 bits per heavy atom. The molecule has 0 spiro atoms. The molecule has 0 aliphatic heterocycles. The molecule has 1 unspecified atom stereocenters. The predicted octanol–water partition coefficient (Wildman–Crippen LogP) is 4.29.